The van der Waals surface area contributed by atoms with Crippen molar-refractivity contribution >= 4 is 5.91 Å². The molecule has 0 radical (unpaired) electrons. The first kappa shape index (κ1) is 18.1. The van der Waals surface area contributed by atoms with Crippen LogP contribution in [0.4, 0.5) is 0 Å². The molecule has 1 N–H and O–H groups in total. The van der Waals surface area contributed by atoms with Crippen LogP contribution in [-0.4, -0.2) is 34.6 Å². The fraction of sp³-hybridized carbons (Fsp3) is 0.273. The molecule has 4 rings (SSSR count). The number of carbonyl (C=O) groups is 1. The number of nitrogens with zero attached hydrogens (tertiary/aromatic N) is 2. The highest BCUT2D eigenvalue weighted by Gasteiger charge is 2.23. The zero-order chi connectivity index (χ0) is 19.5. The van der Waals surface area contributed by atoms with Gasteiger partial charge in [-0.05, 0) is 30.2 Å². The van der Waals surface area contributed by atoms with E-state index < -0.39 is 0 Å². The average Bonchev–Trinajstić information content (AvgIpc) is 3.34. The number of H-pyrrole nitrogens is 1. The lowest BCUT2D eigenvalue weighted by Gasteiger charge is -2.22. The summed E-state index contributed by atoms with van der Waals surface area (Å²) in [6.07, 6.45) is 2.13. The summed E-state index contributed by atoms with van der Waals surface area (Å²) in [4.78, 5) is 22.1. The number of ether oxygens (including phenoxy) is 2. The minimum Gasteiger partial charge on any atom is -0.454 e. The van der Waals surface area contributed by atoms with Crippen molar-refractivity contribution in [2.75, 3.05) is 13.8 Å². The van der Waals surface area contributed by atoms with Crippen molar-refractivity contribution in [1.29, 1.82) is 0 Å². The molecule has 1 aliphatic rings. The molecule has 6 nitrogen and oxygen atoms in total. The zero-order valence-electron chi connectivity index (χ0n) is 16.0. The number of benzene rings is 2. The van der Waals surface area contributed by atoms with Crippen LogP contribution >= 0.6 is 0 Å². The molecule has 28 heavy (non-hydrogen) atoms. The smallest absolute Gasteiger partial charge is 0.231 e. The number of aryl methyl sites for hydroxylation is 1. The number of amides is 1. The van der Waals surface area contributed by atoms with Gasteiger partial charge in [-0.25, -0.2) is 4.98 Å². The Balaban J connectivity index is 1.56. The largest absolute Gasteiger partial charge is 0.454 e. The summed E-state index contributed by atoms with van der Waals surface area (Å²) in [6.45, 7) is 2.64. The van der Waals surface area contributed by atoms with E-state index in [1.807, 2.05) is 50.4 Å². The third kappa shape index (κ3) is 3.86. The summed E-state index contributed by atoms with van der Waals surface area (Å²) in [7, 11) is 1.81. The van der Waals surface area contributed by atoms with Gasteiger partial charge >= 0.3 is 0 Å². The predicted octanol–water partition coefficient (Wildman–Crippen LogP) is 3.63. The molecule has 0 saturated carbocycles. The van der Waals surface area contributed by atoms with E-state index in [-0.39, 0.29) is 18.6 Å². The summed E-state index contributed by atoms with van der Waals surface area (Å²) in [5, 5.41) is 0. The molecular weight excluding hydrogens is 354 g/mol. The van der Waals surface area contributed by atoms with Crippen molar-refractivity contribution in [3.8, 4) is 11.5 Å². The van der Waals surface area contributed by atoms with E-state index >= 15 is 0 Å². The van der Waals surface area contributed by atoms with Crippen LogP contribution in [0, 0.1) is 6.92 Å². The minimum absolute atomic E-state index is 0.0561. The Kier molecular flexibility index (Phi) is 5.02. The van der Waals surface area contributed by atoms with E-state index in [1.54, 1.807) is 11.1 Å². The normalized spacial score (nSPS) is 13.4. The van der Waals surface area contributed by atoms with Gasteiger partial charge in [0.1, 0.15) is 5.82 Å². The number of hydrogen-bond acceptors (Lipinski definition) is 4. The van der Waals surface area contributed by atoms with E-state index in [1.165, 1.54) is 0 Å². The van der Waals surface area contributed by atoms with Crippen LogP contribution < -0.4 is 9.47 Å². The van der Waals surface area contributed by atoms with Gasteiger partial charge in [0.15, 0.2) is 11.5 Å². The van der Waals surface area contributed by atoms with E-state index in [9.17, 15) is 4.79 Å². The minimum atomic E-state index is -0.0658. The lowest BCUT2D eigenvalue weighted by Crippen LogP contribution is -2.28. The summed E-state index contributed by atoms with van der Waals surface area (Å²) >= 11 is 0. The maximum absolute atomic E-state index is 13.0. The van der Waals surface area contributed by atoms with Gasteiger partial charge < -0.3 is 19.4 Å². The van der Waals surface area contributed by atoms with Crippen LogP contribution in [0.5, 0.6) is 11.5 Å². The standard InChI is InChI=1S/C22H23N3O3/c1-15-12-23-21(24-15)13-25(2)22(26)11-18(16-6-4-3-5-7-16)17-8-9-19-20(10-17)28-14-27-19/h3-10,12,18H,11,13-14H2,1-2H3,(H,23,24)/t18-/m0/s1. The maximum Gasteiger partial charge on any atom is 0.231 e. The third-order valence-corrected chi connectivity index (χ3v) is 4.95. The van der Waals surface area contributed by atoms with Crippen LogP contribution in [0.3, 0.4) is 0 Å². The lowest BCUT2D eigenvalue weighted by atomic mass is 9.88. The van der Waals surface area contributed by atoms with Crippen LogP contribution in [0.15, 0.2) is 54.7 Å². The lowest BCUT2D eigenvalue weighted by molar-refractivity contribution is -0.130. The monoisotopic (exact) mass is 377 g/mol. The highest BCUT2D eigenvalue weighted by atomic mass is 16.7. The molecule has 6 heteroatoms. The van der Waals surface area contributed by atoms with Gasteiger partial charge in [-0.1, -0.05) is 36.4 Å². The summed E-state index contributed by atoms with van der Waals surface area (Å²) < 4.78 is 10.9. The zero-order valence-corrected chi connectivity index (χ0v) is 16.0. The first-order valence-corrected chi connectivity index (χ1v) is 9.29. The second kappa shape index (κ2) is 7.76. The topological polar surface area (TPSA) is 67.5 Å². The van der Waals surface area contributed by atoms with E-state index in [4.69, 9.17) is 9.47 Å². The third-order valence-electron chi connectivity index (χ3n) is 4.95. The number of fused-ring (bicyclic) bond motifs is 1. The molecule has 1 aromatic heterocycles. The quantitative estimate of drug-likeness (QED) is 0.712. The van der Waals surface area contributed by atoms with Crippen molar-refractivity contribution in [3.05, 3.63) is 77.4 Å². The second-order valence-corrected chi connectivity index (χ2v) is 7.04. The van der Waals surface area contributed by atoms with Gasteiger partial charge in [0.2, 0.25) is 12.7 Å². The van der Waals surface area contributed by atoms with Gasteiger partial charge in [-0.15, -0.1) is 0 Å². The molecule has 144 valence electrons. The summed E-state index contributed by atoms with van der Waals surface area (Å²) in [5.74, 6) is 2.25. The Hall–Kier alpha value is -3.28. The molecule has 0 unspecified atom stereocenters. The van der Waals surface area contributed by atoms with Gasteiger partial charge in [-0.2, -0.15) is 0 Å². The Bertz CT molecular complexity index is 968. The molecule has 0 bridgehead atoms. The first-order valence-electron chi connectivity index (χ1n) is 9.29. The molecule has 0 saturated heterocycles. The van der Waals surface area contributed by atoms with Crippen molar-refractivity contribution in [3.63, 3.8) is 0 Å². The fourth-order valence-electron chi connectivity index (χ4n) is 3.43. The Labute approximate surface area is 164 Å². The first-order chi connectivity index (χ1) is 13.6. The highest BCUT2D eigenvalue weighted by Crippen LogP contribution is 2.37. The average molecular weight is 377 g/mol. The number of nitrogens with one attached hydrogen (secondary N) is 1. The molecule has 0 aliphatic carbocycles. The molecule has 2 aromatic carbocycles. The number of rotatable bonds is 6. The Morgan fingerprint density at radius 3 is 2.68 bits per heavy atom. The Morgan fingerprint density at radius 1 is 1.14 bits per heavy atom. The molecule has 3 aromatic rings. The van der Waals surface area contributed by atoms with E-state index in [0.717, 1.165) is 34.1 Å². The highest BCUT2D eigenvalue weighted by molar-refractivity contribution is 5.77. The number of hydrogen-bond donors (Lipinski definition) is 1. The SMILES string of the molecule is Cc1cnc(CN(C)C(=O)C[C@@H](c2ccccc2)c2ccc3c(c2)OCO3)[nH]1. The van der Waals surface area contributed by atoms with Gasteiger partial charge in [0, 0.05) is 31.3 Å². The summed E-state index contributed by atoms with van der Waals surface area (Å²) in [5.41, 5.74) is 3.11. The van der Waals surface area contributed by atoms with Crippen LogP contribution in [0.25, 0.3) is 0 Å². The van der Waals surface area contributed by atoms with Crippen LogP contribution in [-0.2, 0) is 11.3 Å². The van der Waals surface area contributed by atoms with Gasteiger partial charge in [0.25, 0.3) is 0 Å². The van der Waals surface area contributed by atoms with Gasteiger partial charge in [-0.3, -0.25) is 4.79 Å². The number of imidazole rings is 1. The molecule has 2 heterocycles. The number of aromatic amines is 1. The molecule has 1 amide bonds. The predicted molar refractivity (Wildman–Crippen MR) is 105 cm³/mol. The van der Waals surface area contributed by atoms with E-state index in [0.29, 0.717) is 13.0 Å². The molecule has 1 atom stereocenters. The summed E-state index contributed by atoms with van der Waals surface area (Å²) in [6, 6.07) is 16.0. The van der Waals surface area contributed by atoms with Crippen molar-refractivity contribution in [2.24, 2.45) is 0 Å². The van der Waals surface area contributed by atoms with Crippen LogP contribution in [0.1, 0.15) is 35.0 Å². The molecule has 0 fully saturated rings. The van der Waals surface area contributed by atoms with Crippen molar-refractivity contribution in [1.82, 2.24) is 14.9 Å². The fourth-order valence-corrected chi connectivity index (χ4v) is 3.43. The number of aromatic nitrogens is 2. The molecular formula is C22H23N3O3. The van der Waals surface area contributed by atoms with E-state index in [2.05, 4.69) is 22.1 Å². The Morgan fingerprint density at radius 2 is 1.93 bits per heavy atom. The van der Waals surface area contributed by atoms with Crippen molar-refractivity contribution < 1.29 is 14.3 Å². The van der Waals surface area contributed by atoms with Crippen molar-refractivity contribution in [2.45, 2.75) is 25.8 Å². The number of carbonyl (C=O) groups excluding carboxylic acids is 1. The second-order valence-electron chi connectivity index (χ2n) is 7.04. The van der Waals surface area contributed by atoms with Crippen LogP contribution in [0.2, 0.25) is 0 Å². The molecule has 0 spiro atoms. The van der Waals surface area contributed by atoms with Gasteiger partial charge in [0.05, 0.1) is 6.54 Å². The molecule has 1 aliphatic heterocycles. The maximum atomic E-state index is 13.0.